The third kappa shape index (κ3) is 11.2. The monoisotopic (exact) mass is 538 g/mol. The molecule has 0 atom stereocenters. The van der Waals surface area contributed by atoms with Crippen LogP contribution >= 0.6 is 24.0 Å². The first-order chi connectivity index (χ1) is 14.0. The lowest BCUT2D eigenvalue weighted by atomic mass is 10.1. The van der Waals surface area contributed by atoms with E-state index in [0.717, 1.165) is 5.56 Å². The van der Waals surface area contributed by atoms with Crippen molar-refractivity contribution in [2.75, 3.05) is 26.3 Å². The molecule has 0 aliphatic carbocycles. The van der Waals surface area contributed by atoms with Gasteiger partial charge in [0.2, 0.25) is 0 Å². The number of benzene rings is 1. The molecule has 0 amide bonds. The molecule has 0 aliphatic rings. The third-order valence-corrected chi connectivity index (χ3v) is 3.62. The zero-order chi connectivity index (χ0) is 21.0. The number of ether oxygens (including phenoxy) is 2. The third-order valence-electron chi connectivity index (χ3n) is 3.62. The van der Waals surface area contributed by atoms with Gasteiger partial charge in [-0.25, -0.2) is 4.99 Å². The molecule has 2 aromatic rings. The Morgan fingerprint density at radius 2 is 1.83 bits per heavy atom. The Kier molecular flexibility index (Phi) is 12.1. The molecule has 166 valence electrons. The number of aromatic nitrogens is 1. The van der Waals surface area contributed by atoms with Gasteiger partial charge in [0, 0.05) is 12.7 Å². The molecule has 0 spiro atoms. The summed E-state index contributed by atoms with van der Waals surface area (Å²) in [6, 6.07) is 10.8. The molecule has 2 N–H and O–H groups in total. The minimum atomic E-state index is -4.31. The van der Waals surface area contributed by atoms with Crippen molar-refractivity contribution in [3.05, 3.63) is 59.9 Å². The van der Waals surface area contributed by atoms with Crippen LogP contribution in [-0.4, -0.2) is 43.4 Å². The van der Waals surface area contributed by atoms with Crippen molar-refractivity contribution in [1.29, 1.82) is 0 Å². The van der Waals surface area contributed by atoms with Crippen LogP contribution in [0.2, 0.25) is 0 Å². The molecule has 0 saturated carbocycles. The minimum absolute atomic E-state index is 0. The van der Waals surface area contributed by atoms with Crippen LogP contribution in [0, 0.1) is 0 Å². The Hall–Kier alpha value is -2.08. The van der Waals surface area contributed by atoms with Gasteiger partial charge in [0.1, 0.15) is 19.0 Å². The van der Waals surface area contributed by atoms with Crippen LogP contribution in [0.15, 0.2) is 53.8 Å². The Morgan fingerprint density at radius 3 is 2.47 bits per heavy atom. The number of hydrogen-bond donors (Lipinski definition) is 2. The van der Waals surface area contributed by atoms with Gasteiger partial charge in [0.15, 0.2) is 5.96 Å². The Labute approximate surface area is 191 Å². The summed E-state index contributed by atoms with van der Waals surface area (Å²) in [4.78, 5) is 8.48. The van der Waals surface area contributed by atoms with E-state index in [9.17, 15) is 13.2 Å². The number of halogens is 4. The summed E-state index contributed by atoms with van der Waals surface area (Å²) >= 11 is 0. The predicted molar refractivity (Wildman–Crippen MR) is 120 cm³/mol. The maximum Gasteiger partial charge on any atom is 0.411 e. The van der Waals surface area contributed by atoms with Crippen LogP contribution in [0.1, 0.15) is 18.1 Å². The van der Waals surface area contributed by atoms with Crippen molar-refractivity contribution in [2.24, 2.45) is 4.99 Å². The van der Waals surface area contributed by atoms with Crippen molar-refractivity contribution < 1.29 is 22.6 Å². The number of alkyl halides is 3. The van der Waals surface area contributed by atoms with E-state index in [0.29, 0.717) is 43.5 Å². The summed E-state index contributed by atoms with van der Waals surface area (Å²) in [6.07, 6.45) is -0.979. The highest BCUT2D eigenvalue weighted by molar-refractivity contribution is 14.0. The fourth-order valence-corrected chi connectivity index (χ4v) is 2.31. The average Bonchev–Trinajstić information content (AvgIpc) is 2.70. The van der Waals surface area contributed by atoms with E-state index in [1.807, 2.05) is 31.2 Å². The summed E-state index contributed by atoms with van der Waals surface area (Å²) < 4.78 is 46.5. The zero-order valence-corrected chi connectivity index (χ0v) is 18.9. The van der Waals surface area contributed by atoms with Crippen molar-refractivity contribution in [1.82, 2.24) is 15.6 Å². The second-order valence-electron chi connectivity index (χ2n) is 6.08. The largest absolute Gasteiger partial charge is 0.490 e. The summed E-state index contributed by atoms with van der Waals surface area (Å²) in [7, 11) is 0. The van der Waals surface area contributed by atoms with Gasteiger partial charge in [0.05, 0.1) is 25.9 Å². The SMILES string of the molecule is CCNC(=NCc1ccc(COCC(F)(F)F)cc1)NCCOc1cccnc1.I. The number of nitrogens with zero attached hydrogens (tertiary/aromatic N) is 2. The van der Waals surface area contributed by atoms with Gasteiger partial charge in [-0.2, -0.15) is 13.2 Å². The fraction of sp³-hybridized carbons (Fsp3) is 0.400. The first-order valence-corrected chi connectivity index (χ1v) is 9.23. The molecule has 10 heteroatoms. The van der Waals surface area contributed by atoms with E-state index in [1.54, 1.807) is 24.5 Å². The quantitative estimate of drug-likeness (QED) is 0.208. The van der Waals surface area contributed by atoms with Crippen molar-refractivity contribution >= 4 is 29.9 Å². The van der Waals surface area contributed by atoms with Crippen LogP contribution in [0.25, 0.3) is 0 Å². The summed E-state index contributed by atoms with van der Waals surface area (Å²) in [5, 5.41) is 6.33. The zero-order valence-electron chi connectivity index (χ0n) is 16.6. The summed E-state index contributed by atoms with van der Waals surface area (Å²) in [5.41, 5.74) is 1.62. The smallest absolute Gasteiger partial charge is 0.411 e. The molecule has 1 aromatic carbocycles. The predicted octanol–water partition coefficient (Wildman–Crippen LogP) is 3.91. The van der Waals surface area contributed by atoms with E-state index in [-0.39, 0.29) is 30.6 Å². The lowest BCUT2D eigenvalue weighted by Gasteiger charge is -2.12. The van der Waals surface area contributed by atoms with Gasteiger partial charge in [-0.15, -0.1) is 24.0 Å². The van der Waals surface area contributed by atoms with Crippen LogP contribution < -0.4 is 15.4 Å². The van der Waals surface area contributed by atoms with Crippen LogP contribution in [0.3, 0.4) is 0 Å². The topological polar surface area (TPSA) is 67.8 Å². The molecule has 0 radical (unpaired) electrons. The van der Waals surface area contributed by atoms with E-state index < -0.39 is 12.8 Å². The molecule has 0 aliphatic heterocycles. The number of pyridine rings is 1. The van der Waals surface area contributed by atoms with Crippen LogP contribution in [-0.2, 0) is 17.9 Å². The van der Waals surface area contributed by atoms with Crippen molar-refractivity contribution in [3.8, 4) is 5.75 Å². The molecule has 0 saturated heterocycles. The van der Waals surface area contributed by atoms with Crippen molar-refractivity contribution in [2.45, 2.75) is 26.3 Å². The van der Waals surface area contributed by atoms with Gasteiger partial charge in [0.25, 0.3) is 0 Å². The molecule has 1 heterocycles. The van der Waals surface area contributed by atoms with E-state index in [1.165, 1.54) is 0 Å². The fourth-order valence-electron chi connectivity index (χ4n) is 2.31. The molecule has 2 rings (SSSR count). The Bertz CT molecular complexity index is 744. The molecule has 1 aromatic heterocycles. The molecule has 0 fully saturated rings. The van der Waals surface area contributed by atoms with Gasteiger partial charge in [-0.05, 0) is 30.2 Å². The number of hydrogen-bond acceptors (Lipinski definition) is 4. The van der Waals surface area contributed by atoms with Gasteiger partial charge >= 0.3 is 6.18 Å². The highest BCUT2D eigenvalue weighted by Gasteiger charge is 2.27. The van der Waals surface area contributed by atoms with Crippen LogP contribution in [0.4, 0.5) is 13.2 Å². The number of rotatable bonds is 10. The van der Waals surface area contributed by atoms with E-state index in [2.05, 4.69) is 25.3 Å². The van der Waals surface area contributed by atoms with E-state index in [4.69, 9.17) is 4.74 Å². The van der Waals surface area contributed by atoms with E-state index >= 15 is 0 Å². The standard InChI is InChI=1S/C20H25F3N4O2.HI/c1-2-25-19(26-10-11-29-18-4-3-9-24-13-18)27-12-16-5-7-17(8-6-16)14-28-15-20(21,22)23;/h3-9,13H,2,10-12,14-15H2,1H3,(H2,25,26,27);1H. The Morgan fingerprint density at radius 1 is 1.10 bits per heavy atom. The lowest BCUT2D eigenvalue weighted by molar-refractivity contribution is -0.176. The van der Waals surface area contributed by atoms with Gasteiger partial charge in [-0.1, -0.05) is 24.3 Å². The average molecular weight is 538 g/mol. The molecule has 30 heavy (non-hydrogen) atoms. The van der Waals surface area contributed by atoms with Gasteiger partial charge in [-0.3, -0.25) is 4.98 Å². The second kappa shape index (κ2) is 14.0. The highest BCUT2D eigenvalue weighted by atomic mass is 127. The van der Waals surface area contributed by atoms with Gasteiger partial charge < -0.3 is 20.1 Å². The normalized spacial score (nSPS) is 11.5. The summed E-state index contributed by atoms with van der Waals surface area (Å²) in [5.74, 6) is 1.36. The van der Waals surface area contributed by atoms with Crippen molar-refractivity contribution in [3.63, 3.8) is 0 Å². The first kappa shape index (κ1) is 26.0. The number of guanidine groups is 1. The molecular weight excluding hydrogens is 512 g/mol. The minimum Gasteiger partial charge on any atom is -0.490 e. The summed E-state index contributed by atoms with van der Waals surface area (Å²) in [6.45, 7) is 2.82. The van der Waals surface area contributed by atoms with Crippen LogP contribution in [0.5, 0.6) is 5.75 Å². The maximum absolute atomic E-state index is 12.1. The first-order valence-electron chi connectivity index (χ1n) is 9.23. The number of nitrogens with one attached hydrogen (secondary N) is 2. The maximum atomic E-state index is 12.1. The molecule has 0 bridgehead atoms. The lowest BCUT2D eigenvalue weighted by Crippen LogP contribution is -2.39. The highest BCUT2D eigenvalue weighted by Crippen LogP contribution is 2.16. The second-order valence-corrected chi connectivity index (χ2v) is 6.08. The molecular formula is C20H26F3IN4O2. The Balaban J connectivity index is 0.00000450. The molecule has 6 nitrogen and oxygen atoms in total. The molecule has 0 unspecified atom stereocenters. The number of aliphatic imine (C=N–C) groups is 1.